The van der Waals surface area contributed by atoms with Crippen LogP contribution in [0, 0.1) is 6.92 Å². The van der Waals surface area contributed by atoms with Crippen molar-refractivity contribution in [2.45, 2.75) is 42.4 Å². The minimum atomic E-state index is -3.42. The van der Waals surface area contributed by atoms with Crippen molar-refractivity contribution < 1.29 is 8.42 Å². The van der Waals surface area contributed by atoms with Crippen LogP contribution in [0.3, 0.4) is 0 Å². The van der Waals surface area contributed by atoms with Gasteiger partial charge in [0.05, 0.1) is 11.2 Å². The first-order valence-electron chi connectivity index (χ1n) is 5.50. The Morgan fingerprint density at radius 2 is 2.18 bits per heavy atom. The Labute approximate surface area is 114 Å². The zero-order chi connectivity index (χ0) is 12.5. The van der Waals surface area contributed by atoms with E-state index in [4.69, 9.17) is 0 Å². The third-order valence-corrected chi connectivity index (χ3v) is 7.06. The number of halogens is 1. The summed E-state index contributed by atoms with van der Waals surface area (Å²) in [5, 5.41) is 1.43. The Balaban J connectivity index is 2.22. The first-order chi connectivity index (χ1) is 7.97. The molecule has 0 aromatic carbocycles. The number of rotatable bonds is 4. The zero-order valence-electron chi connectivity index (χ0n) is 9.57. The van der Waals surface area contributed by atoms with E-state index in [1.807, 2.05) is 0 Å². The predicted molar refractivity (Wildman–Crippen MR) is 72.2 cm³/mol. The summed E-state index contributed by atoms with van der Waals surface area (Å²) in [6.45, 7) is 1.81. The lowest BCUT2D eigenvalue weighted by Crippen LogP contribution is -2.47. The van der Waals surface area contributed by atoms with E-state index in [1.54, 1.807) is 6.92 Å². The Hall–Kier alpha value is 0.0200. The van der Waals surface area contributed by atoms with Crippen molar-refractivity contribution in [1.82, 2.24) is 9.71 Å². The van der Waals surface area contributed by atoms with E-state index >= 15 is 0 Å². The minimum absolute atomic E-state index is 0.308. The van der Waals surface area contributed by atoms with Gasteiger partial charge in [0.25, 0.3) is 10.0 Å². The summed E-state index contributed by atoms with van der Waals surface area (Å²) in [5.41, 5.74) is -0.309. The predicted octanol–water partition coefficient (Wildman–Crippen LogP) is 2.44. The van der Waals surface area contributed by atoms with Gasteiger partial charge >= 0.3 is 0 Å². The molecule has 1 saturated carbocycles. The Kier molecular flexibility index (Phi) is 3.92. The smallest absolute Gasteiger partial charge is 0.249 e. The maximum absolute atomic E-state index is 12.2. The van der Waals surface area contributed by atoms with Gasteiger partial charge in [-0.1, -0.05) is 28.8 Å². The molecule has 0 bridgehead atoms. The Morgan fingerprint density at radius 1 is 1.53 bits per heavy atom. The Morgan fingerprint density at radius 3 is 2.65 bits per heavy atom. The molecule has 17 heavy (non-hydrogen) atoms. The Bertz CT molecular complexity index is 492. The highest BCUT2D eigenvalue weighted by atomic mass is 79.9. The van der Waals surface area contributed by atoms with Gasteiger partial charge < -0.3 is 0 Å². The summed E-state index contributed by atoms with van der Waals surface area (Å²) in [7, 11) is -3.42. The molecule has 4 nitrogen and oxygen atoms in total. The van der Waals surface area contributed by atoms with Crippen LogP contribution in [0.25, 0.3) is 0 Å². The van der Waals surface area contributed by atoms with Gasteiger partial charge in [-0.15, -0.1) is 11.3 Å². The molecular weight excluding hydrogens is 324 g/mol. The summed E-state index contributed by atoms with van der Waals surface area (Å²) < 4.78 is 27.6. The van der Waals surface area contributed by atoms with Crippen molar-refractivity contribution in [3.8, 4) is 0 Å². The van der Waals surface area contributed by atoms with Gasteiger partial charge in [-0.3, -0.25) is 0 Å². The van der Waals surface area contributed by atoms with Gasteiger partial charge in [0.15, 0.2) is 4.21 Å². The number of thiazole rings is 1. The highest BCUT2D eigenvalue weighted by Gasteiger charge is 2.37. The minimum Gasteiger partial charge on any atom is -0.249 e. The molecule has 2 rings (SSSR count). The molecule has 0 spiro atoms. The maximum atomic E-state index is 12.2. The van der Waals surface area contributed by atoms with Crippen molar-refractivity contribution in [2.75, 3.05) is 5.33 Å². The van der Waals surface area contributed by atoms with E-state index in [0.29, 0.717) is 9.54 Å². The van der Waals surface area contributed by atoms with Crippen LogP contribution < -0.4 is 4.72 Å². The van der Waals surface area contributed by atoms with Crippen molar-refractivity contribution in [2.24, 2.45) is 0 Å². The second-order valence-electron chi connectivity index (χ2n) is 4.42. The van der Waals surface area contributed by atoms with Gasteiger partial charge in [0.2, 0.25) is 0 Å². The van der Waals surface area contributed by atoms with E-state index in [0.717, 1.165) is 30.7 Å². The van der Waals surface area contributed by atoms with Crippen LogP contribution in [0.2, 0.25) is 0 Å². The van der Waals surface area contributed by atoms with E-state index in [9.17, 15) is 8.42 Å². The van der Waals surface area contributed by atoms with Gasteiger partial charge in [-0.25, -0.2) is 18.1 Å². The van der Waals surface area contributed by atoms with Crippen LogP contribution in [0.5, 0.6) is 0 Å². The lowest BCUT2D eigenvalue weighted by molar-refractivity contribution is 0.438. The van der Waals surface area contributed by atoms with Crippen molar-refractivity contribution in [1.29, 1.82) is 0 Å². The molecule has 1 N–H and O–H groups in total. The number of alkyl halides is 1. The largest absolute Gasteiger partial charge is 0.252 e. The van der Waals surface area contributed by atoms with Gasteiger partial charge in [-0.2, -0.15) is 0 Å². The molecule has 0 unspecified atom stereocenters. The number of aromatic nitrogens is 1. The molecule has 1 aromatic rings. The summed E-state index contributed by atoms with van der Waals surface area (Å²) in [4.78, 5) is 3.99. The molecule has 7 heteroatoms. The number of nitrogens with zero attached hydrogens (tertiary/aromatic N) is 1. The second-order valence-corrected chi connectivity index (χ2v) is 8.13. The van der Waals surface area contributed by atoms with Crippen LogP contribution >= 0.6 is 27.3 Å². The zero-order valence-corrected chi connectivity index (χ0v) is 12.8. The fourth-order valence-corrected chi connectivity index (χ4v) is 5.57. The normalized spacial score (nSPS) is 19.6. The highest BCUT2D eigenvalue weighted by molar-refractivity contribution is 9.09. The average molecular weight is 339 g/mol. The average Bonchev–Trinajstić information content (AvgIpc) is 2.87. The third-order valence-electron chi connectivity index (χ3n) is 3.03. The molecule has 1 heterocycles. The van der Waals surface area contributed by atoms with Crippen molar-refractivity contribution in [3.63, 3.8) is 0 Å². The maximum Gasteiger partial charge on any atom is 0.252 e. The van der Waals surface area contributed by atoms with Crippen LogP contribution in [-0.2, 0) is 10.0 Å². The summed E-state index contributed by atoms with van der Waals surface area (Å²) in [6, 6.07) is 0. The summed E-state index contributed by atoms with van der Waals surface area (Å²) >= 11 is 4.64. The molecule has 1 aromatic heterocycles. The number of hydrogen-bond donors (Lipinski definition) is 1. The molecule has 1 aliphatic carbocycles. The van der Waals surface area contributed by atoms with Crippen LogP contribution in [0.4, 0.5) is 0 Å². The molecule has 0 aliphatic heterocycles. The first kappa shape index (κ1) is 13.5. The molecular formula is C10H15BrN2O2S2. The van der Waals surface area contributed by atoms with Gasteiger partial charge in [-0.05, 0) is 19.8 Å². The van der Waals surface area contributed by atoms with Gasteiger partial charge in [0, 0.05) is 10.9 Å². The lowest BCUT2D eigenvalue weighted by Gasteiger charge is -2.27. The third kappa shape index (κ3) is 2.89. The molecule has 1 fully saturated rings. The van der Waals surface area contributed by atoms with E-state index in [1.165, 1.54) is 17.5 Å². The van der Waals surface area contributed by atoms with E-state index < -0.39 is 10.0 Å². The number of sulfonamides is 1. The molecule has 0 atom stereocenters. The molecule has 1 aliphatic rings. The fourth-order valence-electron chi connectivity index (χ4n) is 2.12. The topological polar surface area (TPSA) is 59.1 Å². The number of nitrogens with one attached hydrogen (secondary N) is 1. The highest BCUT2D eigenvalue weighted by Crippen LogP contribution is 2.33. The standard InChI is InChI=1S/C10H15BrN2O2S2/c1-8-12-6-9(16-8)17(14,15)13-10(7-11)4-2-3-5-10/h6,13H,2-5,7H2,1H3. The van der Waals surface area contributed by atoms with Crippen molar-refractivity contribution in [3.05, 3.63) is 11.2 Å². The quantitative estimate of drug-likeness (QED) is 0.857. The van der Waals surface area contributed by atoms with Crippen molar-refractivity contribution >= 4 is 37.3 Å². The number of hydrogen-bond acceptors (Lipinski definition) is 4. The molecule has 0 amide bonds. The van der Waals surface area contributed by atoms with E-state index in [-0.39, 0.29) is 5.54 Å². The molecule has 0 saturated heterocycles. The number of aryl methyl sites for hydroxylation is 1. The SMILES string of the molecule is Cc1ncc(S(=O)(=O)NC2(CBr)CCCC2)s1. The van der Waals surface area contributed by atoms with Gasteiger partial charge in [0.1, 0.15) is 0 Å². The second kappa shape index (κ2) is 4.95. The summed E-state index contributed by atoms with van der Waals surface area (Å²) in [5.74, 6) is 0. The van der Waals surface area contributed by atoms with Crippen LogP contribution in [-0.4, -0.2) is 24.3 Å². The fraction of sp³-hybridized carbons (Fsp3) is 0.700. The van der Waals surface area contributed by atoms with Crippen LogP contribution in [0.1, 0.15) is 30.7 Å². The molecule has 96 valence electrons. The monoisotopic (exact) mass is 338 g/mol. The van der Waals surface area contributed by atoms with E-state index in [2.05, 4.69) is 25.6 Å². The first-order valence-corrected chi connectivity index (χ1v) is 8.92. The van der Waals surface area contributed by atoms with Crippen LogP contribution in [0.15, 0.2) is 10.4 Å². The molecule has 0 radical (unpaired) electrons. The summed E-state index contributed by atoms with van der Waals surface area (Å²) in [6.07, 6.45) is 5.38. The lowest BCUT2D eigenvalue weighted by atomic mass is 10.0.